The molecular formula is C12H10BrN3O2. The number of nitrogens with one attached hydrogen (secondary N) is 1. The van der Waals surface area contributed by atoms with Crippen LogP contribution in [0.3, 0.4) is 0 Å². The third-order valence-corrected chi connectivity index (χ3v) is 3.36. The summed E-state index contributed by atoms with van der Waals surface area (Å²) in [5, 5.41) is 11.9. The highest BCUT2D eigenvalue weighted by Gasteiger charge is 2.08. The van der Waals surface area contributed by atoms with Crippen molar-refractivity contribution in [3.05, 3.63) is 46.3 Å². The van der Waals surface area contributed by atoms with Gasteiger partial charge in [0.1, 0.15) is 5.82 Å². The number of carboxylic acids is 1. The van der Waals surface area contributed by atoms with Crippen LogP contribution in [0.15, 0.2) is 35.1 Å². The Morgan fingerprint density at radius 3 is 2.89 bits per heavy atom. The normalized spacial score (nSPS) is 10.1. The molecule has 0 atom stereocenters. The molecule has 6 heteroatoms. The van der Waals surface area contributed by atoms with Gasteiger partial charge < -0.3 is 10.4 Å². The Morgan fingerprint density at radius 1 is 1.39 bits per heavy atom. The number of hydrogen-bond donors (Lipinski definition) is 2. The molecule has 0 spiro atoms. The smallest absolute Gasteiger partial charge is 0.356 e. The van der Waals surface area contributed by atoms with Crippen molar-refractivity contribution < 1.29 is 9.90 Å². The summed E-state index contributed by atoms with van der Waals surface area (Å²) in [7, 11) is 0. The number of aromatic nitrogens is 2. The lowest BCUT2D eigenvalue weighted by Gasteiger charge is -2.09. The van der Waals surface area contributed by atoms with Crippen LogP contribution >= 0.6 is 15.9 Å². The van der Waals surface area contributed by atoms with E-state index in [1.807, 2.05) is 25.1 Å². The first-order chi connectivity index (χ1) is 8.58. The van der Waals surface area contributed by atoms with Crippen LogP contribution in [0.25, 0.3) is 0 Å². The zero-order valence-electron chi connectivity index (χ0n) is 9.51. The van der Waals surface area contributed by atoms with Gasteiger partial charge in [0.2, 0.25) is 0 Å². The fourth-order valence-corrected chi connectivity index (χ4v) is 1.77. The Bertz CT molecular complexity index is 602. The van der Waals surface area contributed by atoms with Crippen LogP contribution in [0, 0.1) is 6.92 Å². The number of carbonyl (C=O) groups is 1. The van der Waals surface area contributed by atoms with E-state index >= 15 is 0 Å². The van der Waals surface area contributed by atoms with Crippen molar-refractivity contribution >= 4 is 33.4 Å². The average molecular weight is 308 g/mol. The Kier molecular flexibility index (Phi) is 3.57. The number of nitrogens with zero attached hydrogens (tertiary/aromatic N) is 2. The predicted molar refractivity (Wildman–Crippen MR) is 71.2 cm³/mol. The highest BCUT2D eigenvalue weighted by Crippen LogP contribution is 2.27. The van der Waals surface area contributed by atoms with Gasteiger partial charge in [-0.25, -0.2) is 9.78 Å². The second-order valence-electron chi connectivity index (χ2n) is 3.66. The van der Waals surface area contributed by atoms with Gasteiger partial charge in [0.25, 0.3) is 0 Å². The molecular weight excluding hydrogens is 298 g/mol. The fourth-order valence-electron chi connectivity index (χ4n) is 1.41. The molecule has 1 heterocycles. The molecule has 1 aromatic carbocycles. The zero-order valence-corrected chi connectivity index (χ0v) is 11.1. The van der Waals surface area contributed by atoms with Crippen LogP contribution in [0.2, 0.25) is 0 Å². The van der Waals surface area contributed by atoms with E-state index in [-0.39, 0.29) is 5.69 Å². The summed E-state index contributed by atoms with van der Waals surface area (Å²) < 4.78 is 0.910. The monoisotopic (exact) mass is 307 g/mol. The zero-order chi connectivity index (χ0) is 13.1. The first kappa shape index (κ1) is 12.5. The molecule has 0 unspecified atom stereocenters. The third-order valence-electron chi connectivity index (χ3n) is 2.31. The standard InChI is InChI=1S/C12H10BrN3O2/c1-7-3-2-4-8(11(7)13)15-10-6-14-5-9(16-10)12(17)18/h2-6H,1H3,(H,15,16)(H,17,18). The maximum absolute atomic E-state index is 10.8. The molecule has 18 heavy (non-hydrogen) atoms. The van der Waals surface area contributed by atoms with E-state index in [0.29, 0.717) is 5.82 Å². The summed E-state index contributed by atoms with van der Waals surface area (Å²) in [5.41, 5.74) is 1.79. The Labute approximate surface area is 112 Å². The molecule has 0 bridgehead atoms. The van der Waals surface area contributed by atoms with Gasteiger partial charge in [-0.05, 0) is 34.5 Å². The van der Waals surface area contributed by atoms with Crippen molar-refractivity contribution in [2.24, 2.45) is 0 Å². The molecule has 1 aromatic heterocycles. The maximum atomic E-state index is 10.8. The molecule has 0 aliphatic carbocycles. The molecule has 0 radical (unpaired) electrons. The number of rotatable bonds is 3. The Morgan fingerprint density at radius 2 is 2.17 bits per heavy atom. The molecule has 2 rings (SSSR count). The number of aryl methyl sites for hydroxylation is 1. The predicted octanol–water partition coefficient (Wildman–Crippen LogP) is 2.99. The summed E-state index contributed by atoms with van der Waals surface area (Å²) in [5.74, 6) is -0.712. The molecule has 0 saturated carbocycles. The van der Waals surface area contributed by atoms with E-state index in [4.69, 9.17) is 5.11 Å². The number of benzene rings is 1. The highest BCUT2D eigenvalue weighted by molar-refractivity contribution is 9.10. The fraction of sp³-hybridized carbons (Fsp3) is 0.0833. The first-order valence-electron chi connectivity index (χ1n) is 5.15. The molecule has 0 amide bonds. The van der Waals surface area contributed by atoms with Crippen LogP contribution in [-0.4, -0.2) is 21.0 Å². The van der Waals surface area contributed by atoms with E-state index in [2.05, 4.69) is 31.2 Å². The summed E-state index contributed by atoms with van der Waals surface area (Å²) in [6, 6.07) is 5.73. The molecule has 0 aliphatic heterocycles. The van der Waals surface area contributed by atoms with E-state index in [0.717, 1.165) is 15.7 Å². The quantitative estimate of drug-likeness (QED) is 0.911. The van der Waals surface area contributed by atoms with Gasteiger partial charge in [0.15, 0.2) is 5.69 Å². The van der Waals surface area contributed by atoms with Crippen molar-refractivity contribution in [1.82, 2.24) is 9.97 Å². The highest BCUT2D eigenvalue weighted by atomic mass is 79.9. The van der Waals surface area contributed by atoms with Gasteiger partial charge in [0, 0.05) is 4.47 Å². The minimum absolute atomic E-state index is 0.0937. The molecule has 2 aromatic rings. The molecule has 5 nitrogen and oxygen atoms in total. The van der Waals surface area contributed by atoms with E-state index < -0.39 is 5.97 Å². The SMILES string of the molecule is Cc1cccc(Nc2cncc(C(=O)O)n2)c1Br. The van der Waals surface area contributed by atoms with Crippen molar-refractivity contribution in [2.45, 2.75) is 6.92 Å². The second-order valence-corrected chi connectivity index (χ2v) is 4.45. The molecule has 2 N–H and O–H groups in total. The van der Waals surface area contributed by atoms with Gasteiger partial charge in [-0.3, -0.25) is 4.98 Å². The molecule has 0 aliphatic rings. The lowest BCUT2D eigenvalue weighted by Crippen LogP contribution is -2.04. The summed E-state index contributed by atoms with van der Waals surface area (Å²) in [6.45, 7) is 1.97. The van der Waals surface area contributed by atoms with E-state index in [9.17, 15) is 4.79 Å². The van der Waals surface area contributed by atoms with Crippen LogP contribution in [0.4, 0.5) is 11.5 Å². The van der Waals surface area contributed by atoms with Crippen LogP contribution in [-0.2, 0) is 0 Å². The first-order valence-corrected chi connectivity index (χ1v) is 5.94. The van der Waals surface area contributed by atoms with Crippen LogP contribution in [0.5, 0.6) is 0 Å². The molecule has 0 fully saturated rings. The van der Waals surface area contributed by atoms with Gasteiger partial charge >= 0.3 is 5.97 Å². The number of carboxylic acid groups (broad SMARTS) is 1. The minimum atomic E-state index is -1.10. The van der Waals surface area contributed by atoms with Gasteiger partial charge in [-0.2, -0.15) is 0 Å². The van der Waals surface area contributed by atoms with Crippen molar-refractivity contribution in [1.29, 1.82) is 0 Å². The van der Waals surface area contributed by atoms with Gasteiger partial charge in [-0.1, -0.05) is 12.1 Å². The average Bonchev–Trinajstić information content (AvgIpc) is 2.35. The minimum Gasteiger partial charge on any atom is -0.476 e. The van der Waals surface area contributed by atoms with Crippen LogP contribution < -0.4 is 5.32 Å². The number of hydrogen-bond acceptors (Lipinski definition) is 4. The number of anilines is 2. The van der Waals surface area contributed by atoms with Gasteiger partial charge in [0.05, 0.1) is 18.1 Å². The van der Waals surface area contributed by atoms with E-state index in [1.165, 1.54) is 12.4 Å². The van der Waals surface area contributed by atoms with Crippen molar-refractivity contribution in [2.75, 3.05) is 5.32 Å². The van der Waals surface area contributed by atoms with Crippen LogP contribution in [0.1, 0.15) is 16.1 Å². The lowest BCUT2D eigenvalue weighted by atomic mass is 10.2. The summed E-state index contributed by atoms with van der Waals surface area (Å²) in [4.78, 5) is 18.6. The summed E-state index contributed by atoms with van der Waals surface area (Å²) in [6.07, 6.45) is 2.68. The third kappa shape index (κ3) is 2.65. The lowest BCUT2D eigenvalue weighted by molar-refractivity contribution is 0.0690. The summed E-state index contributed by atoms with van der Waals surface area (Å²) >= 11 is 3.46. The molecule has 0 saturated heterocycles. The molecule has 92 valence electrons. The largest absolute Gasteiger partial charge is 0.476 e. The topological polar surface area (TPSA) is 75.1 Å². The maximum Gasteiger partial charge on any atom is 0.356 e. The second kappa shape index (κ2) is 5.14. The Balaban J connectivity index is 2.31. The van der Waals surface area contributed by atoms with Crippen molar-refractivity contribution in [3.8, 4) is 0 Å². The Hall–Kier alpha value is -1.95. The number of halogens is 1. The van der Waals surface area contributed by atoms with Gasteiger partial charge in [-0.15, -0.1) is 0 Å². The van der Waals surface area contributed by atoms with Crippen molar-refractivity contribution in [3.63, 3.8) is 0 Å². The number of aromatic carboxylic acids is 1. The van der Waals surface area contributed by atoms with E-state index in [1.54, 1.807) is 0 Å².